The van der Waals surface area contributed by atoms with Crippen LogP contribution in [-0.2, 0) is 20.0 Å². The molecule has 0 unspecified atom stereocenters. The third kappa shape index (κ3) is 3.02. The van der Waals surface area contributed by atoms with E-state index in [1.54, 1.807) is 21.5 Å². The summed E-state index contributed by atoms with van der Waals surface area (Å²) in [7, 11) is 6.40. The molecular weight excluding hydrogens is 324 g/mol. The van der Waals surface area contributed by atoms with Gasteiger partial charge in [-0.1, -0.05) is 0 Å². The van der Waals surface area contributed by atoms with Crippen molar-refractivity contribution >= 4 is 10.9 Å². The largest absolute Gasteiger partial charge is 0.493 e. The van der Waals surface area contributed by atoms with Crippen LogP contribution in [0.15, 0.2) is 29.6 Å². The number of ether oxygens (including phenoxy) is 3. The lowest BCUT2D eigenvalue weighted by atomic mass is 10.2. The van der Waals surface area contributed by atoms with Crippen LogP contribution in [0.25, 0.3) is 10.9 Å². The molecule has 2 heterocycles. The van der Waals surface area contributed by atoms with Crippen LogP contribution in [-0.4, -0.2) is 40.7 Å². The molecule has 0 radical (unpaired) electrons. The van der Waals surface area contributed by atoms with E-state index < -0.39 is 0 Å². The zero-order valence-corrected chi connectivity index (χ0v) is 14.6. The van der Waals surface area contributed by atoms with Gasteiger partial charge in [-0.25, -0.2) is 4.98 Å². The van der Waals surface area contributed by atoms with Crippen molar-refractivity contribution in [3.63, 3.8) is 0 Å². The van der Waals surface area contributed by atoms with Gasteiger partial charge in [0.05, 0.1) is 39.2 Å². The average Bonchev–Trinajstić information content (AvgIpc) is 3.04. The first-order valence-corrected chi connectivity index (χ1v) is 7.74. The molecule has 0 aliphatic rings. The normalized spacial score (nSPS) is 10.9. The van der Waals surface area contributed by atoms with E-state index in [1.807, 2.05) is 13.2 Å². The molecule has 1 aromatic carbocycles. The highest BCUT2D eigenvalue weighted by Crippen LogP contribution is 2.41. The zero-order chi connectivity index (χ0) is 18.0. The third-order valence-electron chi connectivity index (χ3n) is 4.02. The van der Waals surface area contributed by atoms with Crippen molar-refractivity contribution in [2.24, 2.45) is 7.05 Å². The molecule has 0 atom stereocenters. The number of benzene rings is 1. The predicted octanol–water partition coefficient (Wildman–Crippen LogP) is 1.40. The summed E-state index contributed by atoms with van der Waals surface area (Å²) in [6.45, 7) is 0.504. The van der Waals surface area contributed by atoms with Gasteiger partial charge in [-0.15, -0.1) is 0 Å². The van der Waals surface area contributed by atoms with E-state index in [0.717, 1.165) is 5.56 Å². The van der Waals surface area contributed by atoms with Crippen molar-refractivity contribution in [3.8, 4) is 17.2 Å². The van der Waals surface area contributed by atoms with Crippen LogP contribution in [0.3, 0.4) is 0 Å². The first kappa shape index (κ1) is 16.8. The molecular formula is C17H20N4O4. The molecule has 0 bridgehead atoms. The number of aryl methyl sites for hydroxylation is 3. The molecule has 0 fully saturated rings. The highest BCUT2D eigenvalue weighted by Gasteiger charge is 2.19. The zero-order valence-electron chi connectivity index (χ0n) is 14.6. The Balaban J connectivity index is 2.05. The van der Waals surface area contributed by atoms with E-state index >= 15 is 0 Å². The number of fused-ring (bicyclic) bond motifs is 1. The Kier molecular flexibility index (Phi) is 4.60. The summed E-state index contributed by atoms with van der Waals surface area (Å²) in [6, 6.07) is 1.63. The average molecular weight is 344 g/mol. The third-order valence-corrected chi connectivity index (χ3v) is 4.02. The van der Waals surface area contributed by atoms with Gasteiger partial charge >= 0.3 is 0 Å². The summed E-state index contributed by atoms with van der Waals surface area (Å²) in [5, 5.41) is 4.55. The van der Waals surface area contributed by atoms with E-state index in [-0.39, 0.29) is 5.56 Å². The molecule has 0 saturated heterocycles. The van der Waals surface area contributed by atoms with Gasteiger partial charge in [0.1, 0.15) is 5.52 Å². The minimum Gasteiger partial charge on any atom is -0.493 e. The number of hydrogen-bond donors (Lipinski definition) is 0. The topological polar surface area (TPSA) is 80.4 Å². The number of nitrogens with zero attached hydrogens (tertiary/aromatic N) is 4. The Bertz CT molecular complexity index is 961. The molecule has 3 aromatic rings. The minimum absolute atomic E-state index is 0.159. The summed E-state index contributed by atoms with van der Waals surface area (Å²) >= 11 is 0. The Hall–Kier alpha value is -3.03. The molecule has 25 heavy (non-hydrogen) atoms. The van der Waals surface area contributed by atoms with Crippen molar-refractivity contribution in [2.75, 3.05) is 21.3 Å². The van der Waals surface area contributed by atoms with Crippen LogP contribution in [0.4, 0.5) is 0 Å². The van der Waals surface area contributed by atoms with E-state index in [0.29, 0.717) is 41.1 Å². The molecule has 2 aromatic heterocycles. The van der Waals surface area contributed by atoms with Gasteiger partial charge in [-0.3, -0.25) is 14.0 Å². The highest BCUT2D eigenvalue weighted by atomic mass is 16.5. The van der Waals surface area contributed by atoms with Gasteiger partial charge in [-0.2, -0.15) is 5.10 Å². The van der Waals surface area contributed by atoms with Gasteiger partial charge in [0.25, 0.3) is 5.56 Å². The summed E-state index contributed by atoms with van der Waals surface area (Å²) in [5.41, 5.74) is 1.34. The number of aromatic nitrogens is 4. The van der Waals surface area contributed by atoms with Gasteiger partial charge < -0.3 is 14.2 Å². The first-order chi connectivity index (χ1) is 12.1. The molecule has 0 aliphatic carbocycles. The smallest absolute Gasteiger partial charge is 0.261 e. The van der Waals surface area contributed by atoms with E-state index in [1.165, 1.54) is 27.7 Å². The first-order valence-electron chi connectivity index (χ1n) is 7.74. The second-order valence-corrected chi connectivity index (χ2v) is 5.56. The molecule has 0 amide bonds. The fourth-order valence-electron chi connectivity index (χ4n) is 2.78. The van der Waals surface area contributed by atoms with Gasteiger partial charge in [-0.05, 0) is 18.1 Å². The van der Waals surface area contributed by atoms with Crippen molar-refractivity contribution in [1.82, 2.24) is 19.3 Å². The van der Waals surface area contributed by atoms with Crippen LogP contribution in [0.1, 0.15) is 5.56 Å². The molecule has 0 saturated carbocycles. The fraction of sp³-hybridized carbons (Fsp3) is 0.353. The number of rotatable bonds is 6. The maximum absolute atomic E-state index is 12.8. The lowest BCUT2D eigenvalue weighted by molar-refractivity contribution is 0.326. The summed E-state index contributed by atoms with van der Waals surface area (Å²) in [4.78, 5) is 17.2. The second-order valence-electron chi connectivity index (χ2n) is 5.56. The summed E-state index contributed by atoms with van der Waals surface area (Å²) in [5.74, 6) is 1.22. The monoisotopic (exact) mass is 344 g/mol. The maximum Gasteiger partial charge on any atom is 0.261 e. The second kappa shape index (κ2) is 6.84. The summed E-state index contributed by atoms with van der Waals surface area (Å²) in [6.07, 6.45) is 5.92. The highest BCUT2D eigenvalue weighted by molar-refractivity contribution is 5.89. The molecule has 8 heteroatoms. The van der Waals surface area contributed by atoms with E-state index in [9.17, 15) is 4.79 Å². The van der Waals surface area contributed by atoms with Crippen molar-refractivity contribution in [2.45, 2.75) is 13.0 Å². The number of methoxy groups -OCH3 is 3. The van der Waals surface area contributed by atoms with Crippen LogP contribution < -0.4 is 19.8 Å². The minimum atomic E-state index is -0.159. The molecule has 0 spiro atoms. The Morgan fingerprint density at radius 2 is 1.88 bits per heavy atom. The van der Waals surface area contributed by atoms with Crippen molar-refractivity contribution in [3.05, 3.63) is 40.7 Å². The standard InChI is InChI=1S/C17H20N4O4/c1-20-9-11(8-19-20)5-6-21-10-18-14-12(17(21)22)7-13(23-2)15(24-3)16(14)25-4/h7-10H,5-6H2,1-4H3. The van der Waals surface area contributed by atoms with E-state index in [4.69, 9.17) is 14.2 Å². The molecule has 0 aliphatic heterocycles. The molecule has 132 valence electrons. The van der Waals surface area contributed by atoms with Gasteiger partial charge in [0.2, 0.25) is 5.75 Å². The Morgan fingerprint density at radius 1 is 1.12 bits per heavy atom. The van der Waals surface area contributed by atoms with Gasteiger partial charge in [0.15, 0.2) is 11.5 Å². The van der Waals surface area contributed by atoms with Crippen LogP contribution in [0, 0.1) is 0 Å². The van der Waals surface area contributed by atoms with Crippen LogP contribution in [0.2, 0.25) is 0 Å². The lowest BCUT2D eigenvalue weighted by Gasteiger charge is -2.14. The van der Waals surface area contributed by atoms with Crippen molar-refractivity contribution in [1.29, 1.82) is 0 Å². The maximum atomic E-state index is 12.8. The SMILES string of the molecule is COc1cc2c(=O)n(CCc3cnn(C)c3)cnc2c(OC)c1OC. The van der Waals surface area contributed by atoms with Crippen LogP contribution in [0.5, 0.6) is 17.2 Å². The Labute approximate surface area is 144 Å². The molecule has 3 rings (SSSR count). The van der Waals surface area contributed by atoms with Gasteiger partial charge in [0, 0.05) is 19.8 Å². The predicted molar refractivity (Wildman–Crippen MR) is 92.6 cm³/mol. The summed E-state index contributed by atoms with van der Waals surface area (Å²) < 4.78 is 19.4. The quantitative estimate of drug-likeness (QED) is 0.672. The lowest BCUT2D eigenvalue weighted by Crippen LogP contribution is -2.22. The van der Waals surface area contributed by atoms with E-state index in [2.05, 4.69) is 10.1 Å². The Morgan fingerprint density at radius 3 is 2.48 bits per heavy atom. The molecule has 0 N–H and O–H groups in total. The van der Waals surface area contributed by atoms with Crippen molar-refractivity contribution < 1.29 is 14.2 Å². The van der Waals surface area contributed by atoms with Crippen LogP contribution >= 0.6 is 0 Å². The number of hydrogen-bond acceptors (Lipinski definition) is 6. The molecule has 8 nitrogen and oxygen atoms in total. The fourth-order valence-corrected chi connectivity index (χ4v) is 2.78.